The third-order valence-corrected chi connectivity index (χ3v) is 3.55. The van der Waals surface area contributed by atoms with Crippen molar-refractivity contribution in [2.24, 2.45) is 13.0 Å². The molecule has 1 aliphatic heterocycles. The predicted octanol–water partition coefficient (Wildman–Crippen LogP) is 0.749. The number of hydrogen-bond donors (Lipinski definition) is 0. The van der Waals surface area contributed by atoms with Crippen LogP contribution in [0.15, 0.2) is 12.4 Å². The molecule has 0 radical (unpaired) electrons. The van der Waals surface area contributed by atoms with Gasteiger partial charge in [-0.05, 0) is 12.8 Å². The monoisotopic (exact) mass is 278 g/mol. The number of nitrogens with zero attached hydrogens (tertiary/aromatic N) is 4. The molecule has 2 rings (SSSR count). The van der Waals surface area contributed by atoms with Crippen molar-refractivity contribution in [2.45, 2.75) is 26.8 Å². The smallest absolute Gasteiger partial charge is 0.257 e. The maximum absolute atomic E-state index is 12.4. The van der Waals surface area contributed by atoms with Crippen molar-refractivity contribution >= 4 is 11.8 Å². The number of carbonyl (C=O) groups is 2. The molecule has 1 atom stereocenters. The molecule has 110 valence electrons. The second-order valence-corrected chi connectivity index (χ2v) is 5.76. The van der Waals surface area contributed by atoms with Crippen LogP contribution in [0.4, 0.5) is 0 Å². The van der Waals surface area contributed by atoms with E-state index in [2.05, 4.69) is 18.9 Å². The third kappa shape index (κ3) is 2.84. The minimum atomic E-state index is -0.407. The first-order valence-corrected chi connectivity index (χ1v) is 6.98. The van der Waals surface area contributed by atoms with Gasteiger partial charge in [0.2, 0.25) is 5.91 Å². The molecule has 6 nitrogen and oxygen atoms in total. The van der Waals surface area contributed by atoms with Crippen LogP contribution in [0.2, 0.25) is 0 Å². The highest BCUT2D eigenvalue weighted by Crippen LogP contribution is 2.16. The lowest BCUT2D eigenvalue weighted by Gasteiger charge is -2.39. The summed E-state index contributed by atoms with van der Waals surface area (Å²) in [6.45, 7) is 7.90. The van der Waals surface area contributed by atoms with Crippen LogP contribution in [0.5, 0.6) is 0 Å². The van der Waals surface area contributed by atoms with Crippen molar-refractivity contribution < 1.29 is 9.59 Å². The highest BCUT2D eigenvalue weighted by atomic mass is 16.2. The van der Waals surface area contributed by atoms with Crippen LogP contribution in [0.25, 0.3) is 0 Å². The fraction of sp³-hybridized carbons (Fsp3) is 0.643. The van der Waals surface area contributed by atoms with E-state index in [1.54, 1.807) is 35.9 Å². The summed E-state index contributed by atoms with van der Waals surface area (Å²) in [4.78, 5) is 28.2. The second-order valence-electron chi connectivity index (χ2n) is 5.76. The highest BCUT2D eigenvalue weighted by Gasteiger charge is 2.34. The average Bonchev–Trinajstić information content (AvgIpc) is 2.81. The SMILES string of the molecule is CC(C)CN1CCN(C(=O)c2cnn(C)c2)C(C)C1=O. The first-order valence-electron chi connectivity index (χ1n) is 6.98. The standard InChI is InChI=1S/C14H22N4O2/c1-10(2)8-17-5-6-18(11(3)13(17)19)14(20)12-7-15-16(4)9-12/h7,9-11H,5-6,8H2,1-4H3. The molecule has 0 saturated carbocycles. The number of hydrogen-bond acceptors (Lipinski definition) is 3. The van der Waals surface area contributed by atoms with E-state index in [4.69, 9.17) is 0 Å². The number of carbonyl (C=O) groups excluding carboxylic acids is 2. The largest absolute Gasteiger partial charge is 0.339 e. The summed E-state index contributed by atoms with van der Waals surface area (Å²) in [5.41, 5.74) is 0.532. The molecular weight excluding hydrogens is 256 g/mol. The van der Waals surface area contributed by atoms with Crippen LogP contribution in [-0.4, -0.2) is 57.1 Å². The summed E-state index contributed by atoms with van der Waals surface area (Å²) in [6, 6.07) is -0.407. The minimum absolute atomic E-state index is 0.0298. The fourth-order valence-corrected chi connectivity index (χ4v) is 2.53. The van der Waals surface area contributed by atoms with Crippen molar-refractivity contribution in [2.75, 3.05) is 19.6 Å². The van der Waals surface area contributed by atoms with E-state index < -0.39 is 6.04 Å². The molecule has 0 N–H and O–H groups in total. The Morgan fingerprint density at radius 2 is 2.15 bits per heavy atom. The average molecular weight is 278 g/mol. The van der Waals surface area contributed by atoms with Gasteiger partial charge in [0.1, 0.15) is 6.04 Å². The Morgan fingerprint density at radius 3 is 2.70 bits per heavy atom. The van der Waals surface area contributed by atoms with Crippen LogP contribution in [0, 0.1) is 5.92 Å². The quantitative estimate of drug-likeness (QED) is 0.820. The second kappa shape index (κ2) is 5.64. The number of piperazine rings is 1. The van der Waals surface area contributed by atoms with Crippen molar-refractivity contribution in [3.05, 3.63) is 18.0 Å². The van der Waals surface area contributed by atoms with Gasteiger partial charge in [0.15, 0.2) is 0 Å². The molecule has 1 aliphatic rings. The zero-order valence-electron chi connectivity index (χ0n) is 12.5. The Labute approximate surface area is 119 Å². The Kier molecular flexibility index (Phi) is 4.11. The van der Waals surface area contributed by atoms with Crippen molar-refractivity contribution in [3.63, 3.8) is 0 Å². The molecular formula is C14H22N4O2. The Hall–Kier alpha value is -1.85. The summed E-state index contributed by atoms with van der Waals surface area (Å²) in [5.74, 6) is 0.345. The molecule has 0 bridgehead atoms. The van der Waals surface area contributed by atoms with Gasteiger partial charge in [-0.3, -0.25) is 14.3 Å². The number of amides is 2. The van der Waals surface area contributed by atoms with Gasteiger partial charge in [0.25, 0.3) is 5.91 Å². The van der Waals surface area contributed by atoms with Crippen LogP contribution < -0.4 is 0 Å². The zero-order valence-corrected chi connectivity index (χ0v) is 12.5. The van der Waals surface area contributed by atoms with Gasteiger partial charge < -0.3 is 9.80 Å². The Bertz CT molecular complexity index is 509. The lowest BCUT2D eigenvalue weighted by atomic mass is 10.1. The summed E-state index contributed by atoms with van der Waals surface area (Å²) in [7, 11) is 1.77. The van der Waals surface area contributed by atoms with E-state index in [9.17, 15) is 9.59 Å². The van der Waals surface area contributed by atoms with Gasteiger partial charge in [-0.2, -0.15) is 5.10 Å². The minimum Gasteiger partial charge on any atom is -0.339 e. The van der Waals surface area contributed by atoms with Gasteiger partial charge in [-0.15, -0.1) is 0 Å². The maximum atomic E-state index is 12.4. The molecule has 0 aromatic carbocycles. The van der Waals surface area contributed by atoms with Crippen molar-refractivity contribution in [1.29, 1.82) is 0 Å². The Balaban J connectivity index is 2.08. The lowest BCUT2D eigenvalue weighted by Crippen LogP contribution is -2.58. The molecule has 0 aliphatic carbocycles. The topological polar surface area (TPSA) is 58.4 Å². The summed E-state index contributed by atoms with van der Waals surface area (Å²) in [5, 5.41) is 4.00. The van der Waals surface area contributed by atoms with E-state index in [0.29, 0.717) is 24.6 Å². The summed E-state index contributed by atoms with van der Waals surface area (Å²) >= 11 is 0. The van der Waals surface area contributed by atoms with Crippen LogP contribution in [-0.2, 0) is 11.8 Å². The van der Waals surface area contributed by atoms with E-state index in [-0.39, 0.29) is 11.8 Å². The predicted molar refractivity (Wildman–Crippen MR) is 75.1 cm³/mol. The van der Waals surface area contributed by atoms with Crippen LogP contribution >= 0.6 is 0 Å². The van der Waals surface area contributed by atoms with Gasteiger partial charge in [0.05, 0.1) is 11.8 Å². The maximum Gasteiger partial charge on any atom is 0.257 e. The van der Waals surface area contributed by atoms with Gasteiger partial charge in [-0.1, -0.05) is 13.8 Å². The van der Waals surface area contributed by atoms with Crippen molar-refractivity contribution in [3.8, 4) is 0 Å². The fourth-order valence-electron chi connectivity index (χ4n) is 2.53. The molecule has 1 aromatic rings. The van der Waals surface area contributed by atoms with Gasteiger partial charge in [-0.25, -0.2) is 0 Å². The molecule has 1 saturated heterocycles. The van der Waals surface area contributed by atoms with E-state index in [0.717, 1.165) is 6.54 Å². The van der Waals surface area contributed by atoms with Crippen molar-refractivity contribution in [1.82, 2.24) is 19.6 Å². The highest BCUT2D eigenvalue weighted by molar-refractivity contribution is 5.97. The van der Waals surface area contributed by atoms with E-state index >= 15 is 0 Å². The first-order chi connectivity index (χ1) is 9.40. The number of rotatable bonds is 3. The first kappa shape index (κ1) is 14.6. The number of aromatic nitrogens is 2. The molecule has 1 fully saturated rings. The van der Waals surface area contributed by atoms with Gasteiger partial charge >= 0.3 is 0 Å². The van der Waals surface area contributed by atoms with E-state index in [1.165, 1.54) is 0 Å². The Morgan fingerprint density at radius 1 is 1.45 bits per heavy atom. The molecule has 2 amide bonds. The normalized spacial score (nSPS) is 19.9. The van der Waals surface area contributed by atoms with Crippen LogP contribution in [0.3, 0.4) is 0 Å². The molecule has 2 heterocycles. The zero-order chi connectivity index (χ0) is 14.9. The molecule has 20 heavy (non-hydrogen) atoms. The lowest BCUT2D eigenvalue weighted by molar-refractivity contribution is -0.140. The third-order valence-electron chi connectivity index (χ3n) is 3.55. The van der Waals surface area contributed by atoms with E-state index in [1.807, 2.05) is 4.90 Å². The molecule has 0 spiro atoms. The summed E-state index contributed by atoms with van der Waals surface area (Å²) in [6.07, 6.45) is 3.22. The van der Waals surface area contributed by atoms with Crippen LogP contribution in [0.1, 0.15) is 31.1 Å². The summed E-state index contributed by atoms with van der Waals surface area (Å²) < 4.78 is 1.59. The van der Waals surface area contributed by atoms with Gasteiger partial charge in [0, 0.05) is 32.9 Å². The molecule has 1 aromatic heterocycles. The number of aryl methyl sites for hydroxylation is 1. The molecule has 1 unspecified atom stereocenters. The molecule has 6 heteroatoms.